The van der Waals surface area contributed by atoms with Crippen LogP contribution >= 0.6 is 0 Å². The molecular formula is C15H21N3O. The van der Waals surface area contributed by atoms with E-state index in [-0.39, 0.29) is 5.41 Å². The Kier molecular flexibility index (Phi) is 3.22. The number of pyridine rings is 1. The first-order valence-corrected chi connectivity index (χ1v) is 6.42. The van der Waals surface area contributed by atoms with Gasteiger partial charge in [-0.1, -0.05) is 20.8 Å². The van der Waals surface area contributed by atoms with Crippen LogP contribution in [0, 0.1) is 0 Å². The smallest absolute Gasteiger partial charge is 0.0855 e. The van der Waals surface area contributed by atoms with Gasteiger partial charge < -0.3 is 5.11 Å². The lowest BCUT2D eigenvalue weighted by Gasteiger charge is -2.20. The summed E-state index contributed by atoms with van der Waals surface area (Å²) >= 11 is 0. The van der Waals surface area contributed by atoms with Crippen LogP contribution in [-0.2, 0) is 11.0 Å². The molecule has 19 heavy (non-hydrogen) atoms. The van der Waals surface area contributed by atoms with Crippen molar-refractivity contribution in [3.63, 3.8) is 0 Å². The SMILES string of the molecule is CC(C)(C)c1cn[nH]c1-c1cncc(C(C)(C)O)c1. The Morgan fingerprint density at radius 1 is 1.05 bits per heavy atom. The minimum atomic E-state index is -0.898. The number of nitrogens with zero attached hydrogens (tertiary/aromatic N) is 2. The van der Waals surface area contributed by atoms with Crippen molar-refractivity contribution in [1.29, 1.82) is 0 Å². The van der Waals surface area contributed by atoms with Gasteiger partial charge in [-0.25, -0.2) is 0 Å². The number of nitrogens with one attached hydrogen (secondary N) is 1. The standard InChI is InChI=1S/C15H21N3O/c1-14(2,3)12-9-17-18-13(12)10-6-11(8-16-7-10)15(4,5)19/h6-9,19H,1-5H3,(H,17,18). The van der Waals surface area contributed by atoms with Crippen molar-refractivity contribution in [2.45, 2.75) is 45.6 Å². The molecule has 0 saturated carbocycles. The Labute approximate surface area is 113 Å². The predicted octanol–water partition coefficient (Wildman–Crippen LogP) is 3.00. The zero-order valence-corrected chi connectivity index (χ0v) is 12.2. The van der Waals surface area contributed by atoms with Crippen LogP contribution < -0.4 is 0 Å². The van der Waals surface area contributed by atoms with E-state index in [0.29, 0.717) is 0 Å². The van der Waals surface area contributed by atoms with Crippen molar-refractivity contribution in [2.75, 3.05) is 0 Å². The van der Waals surface area contributed by atoms with Gasteiger partial charge in [-0.3, -0.25) is 10.1 Å². The second-order valence-electron chi connectivity index (χ2n) is 6.43. The summed E-state index contributed by atoms with van der Waals surface area (Å²) in [6.07, 6.45) is 5.33. The zero-order chi connectivity index (χ0) is 14.3. The lowest BCUT2D eigenvalue weighted by Crippen LogP contribution is -2.16. The van der Waals surface area contributed by atoms with E-state index in [2.05, 4.69) is 36.0 Å². The summed E-state index contributed by atoms with van der Waals surface area (Å²) in [5.74, 6) is 0. The number of aromatic nitrogens is 3. The highest BCUT2D eigenvalue weighted by Gasteiger charge is 2.22. The second kappa shape index (κ2) is 4.46. The largest absolute Gasteiger partial charge is 0.386 e. The molecule has 0 aliphatic heterocycles. The van der Waals surface area contributed by atoms with Gasteiger partial charge in [-0.2, -0.15) is 5.10 Å². The third-order valence-corrected chi connectivity index (χ3v) is 3.18. The van der Waals surface area contributed by atoms with Gasteiger partial charge in [0.25, 0.3) is 0 Å². The van der Waals surface area contributed by atoms with Crippen LogP contribution in [0.1, 0.15) is 45.7 Å². The molecule has 4 nitrogen and oxygen atoms in total. The summed E-state index contributed by atoms with van der Waals surface area (Å²) in [4.78, 5) is 4.22. The van der Waals surface area contributed by atoms with Gasteiger partial charge in [0.15, 0.2) is 0 Å². The first-order chi connectivity index (χ1) is 8.69. The lowest BCUT2D eigenvalue weighted by atomic mass is 9.85. The van der Waals surface area contributed by atoms with Crippen LogP contribution in [0.5, 0.6) is 0 Å². The molecule has 0 aliphatic carbocycles. The number of aromatic amines is 1. The summed E-state index contributed by atoms with van der Waals surface area (Å²) in [7, 11) is 0. The molecule has 0 spiro atoms. The van der Waals surface area contributed by atoms with E-state index in [4.69, 9.17) is 0 Å². The molecule has 2 rings (SSSR count). The van der Waals surface area contributed by atoms with Crippen molar-refractivity contribution in [2.24, 2.45) is 0 Å². The Bertz CT molecular complexity index is 574. The maximum Gasteiger partial charge on any atom is 0.0855 e. The fraction of sp³-hybridized carbons (Fsp3) is 0.467. The van der Waals surface area contributed by atoms with Gasteiger partial charge in [0.2, 0.25) is 0 Å². The molecule has 0 aromatic carbocycles. The fourth-order valence-corrected chi connectivity index (χ4v) is 1.99. The Morgan fingerprint density at radius 3 is 2.32 bits per heavy atom. The van der Waals surface area contributed by atoms with Crippen LogP contribution in [0.15, 0.2) is 24.7 Å². The number of hydrogen-bond acceptors (Lipinski definition) is 3. The van der Waals surface area contributed by atoms with Crippen LogP contribution in [0.2, 0.25) is 0 Å². The van der Waals surface area contributed by atoms with Crippen LogP contribution in [0.4, 0.5) is 0 Å². The molecule has 0 radical (unpaired) electrons. The van der Waals surface area contributed by atoms with Crippen molar-refractivity contribution in [1.82, 2.24) is 15.2 Å². The average Bonchev–Trinajstić information content (AvgIpc) is 2.76. The second-order valence-corrected chi connectivity index (χ2v) is 6.43. The minimum absolute atomic E-state index is 0.00701. The molecule has 2 aromatic heterocycles. The topological polar surface area (TPSA) is 61.8 Å². The molecule has 102 valence electrons. The molecule has 0 unspecified atom stereocenters. The summed E-state index contributed by atoms with van der Waals surface area (Å²) in [6.45, 7) is 9.95. The number of rotatable bonds is 2. The Balaban J connectivity index is 2.52. The van der Waals surface area contributed by atoms with Gasteiger partial charge in [0.1, 0.15) is 0 Å². The molecule has 0 fully saturated rings. The van der Waals surface area contributed by atoms with E-state index < -0.39 is 5.60 Å². The summed E-state index contributed by atoms with van der Waals surface area (Å²) in [5.41, 5.74) is 2.95. The van der Waals surface area contributed by atoms with E-state index in [1.54, 1.807) is 26.2 Å². The van der Waals surface area contributed by atoms with Crippen molar-refractivity contribution in [3.8, 4) is 11.3 Å². The van der Waals surface area contributed by atoms with Crippen LogP contribution in [0.3, 0.4) is 0 Å². The molecule has 4 heteroatoms. The minimum Gasteiger partial charge on any atom is -0.386 e. The Morgan fingerprint density at radius 2 is 1.74 bits per heavy atom. The van der Waals surface area contributed by atoms with Crippen LogP contribution in [-0.4, -0.2) is 20.3 Å². The van der Waals surface area contributed by atoms with Gasteiger partial charge in [0, 0.05) is 29.1 Å². The highest BCUT2D eigenvalue weighted by molar-refractivity contribution is 5.64. The van der Waals surface area contributed by atoms with Crippen molar-refractivity contribution in [3.05, 3.63) is 35.8 Å². The molecule has 0 amide bonds. The lowest BCUT2D eigenvalue weighted by molar-refractivity contribution is 0.0783. The van der Waals surface area contributed by atoms with Gasteiger partial charge in [-0.15, -0.1) is 0 Å². The third kappa shape index (κ3) is 2.84. The van der Waals surface area contributed by atoms with Crippen molar-refractivity contribution >= 4 is 0 Å². The Hall–Kier alpha value is -1.68. The van der Waals surface area contributed by atoms with E-state index >= 15 is 0 Å². The van der Waals surface area contributed by atoms with E-state index in [1.807, 2.05) is 12.3 Å². The number of hydrogen-bond donors (Lipinski definition) is 2. The molecule has 2 aromatic rings. The first kappa shape index (κ1) is 13.7. The molecule has 0 aliphatic rings. The first-order valence-electron chi connectivity index (χ1n) is 6.42. The molecule has 0 saturated heterocycles. The predicted molar refractivity (Wildman–Crippen MR) is 75.8 cm³/mol. The zero-order valence-electron chi connectivity index (χ0n) is 12.2. The quantitative estimate of drug-likeness (QED) is 0.871. The highest BCUT2D eigenvalue weighted by Crippen LogP contribution is 2.32. The van der Waals surface area contributed by atoms with Gasteiger partial charge in [0.05, 0.1) is 17.5 Å². The van der Waals surface area contributed by atoms with Gasteiger partial charge in [-0.05, 0) is 25.3 Å². The molecular weight excluding hydrogens is 238 g/mol. The van der Waals surface area contributed by atoms with Crippen LogP contribution in [0.25, 0.3) is 11.3 Å². The number of aliphatic hydroxyl groups is 1. The summed E-state index contributed by atoms with van der Waals surface area (Å²) in [5, 5.41) is 17.3. The molecule has 2 heterocycles. The third-order valence-electron chi connectivity index (χ3n) is 3.18. The molecule has 2 N–H and O–H groups in total. The van der Waals surface area contributed by atoms with E-state index in [0.717, 1.165) is 22.4 Å². The summed E-state index contributed by atoms with van der Waals surface area (Å²) in [6, 6.07) is 1.95. The normalized spacial score (nSPS) is 12.7. The average molecular weight is 259 g/mol. The maximum absolute atomic E-state index is 10.1. The van der Waals surface area contributed by atoms with Gasteiger partial charge >= 0.3 is 0 Å². The van der Waals surface area contributed by atoms with E-state index in [1.165, 1.54) is 0 Å². The van der Waals surface area contributed by atoms with Crippen molar-refractivity contribution < 1.29 is 5.11 Å². The monoisotopic (exact) mass is 259 g/mol. The molecule has 0 bridgehead atoms. The van der Waals surface area contributed by atoms with E-state index in [9.17, 15) is 5.11 Å². The maximum atomic E-state index is 10.1. The summed E-state index contributed by atoms with van der Waals surface area (Å²) < 4.78 is 0. The fourth-order valence-electron chi connectivity index (χ4n) is 1.99. The highest BCUT2D eigenvalue weighted by atomic mass is 16.3. The molecule has 0 atom stereocenters. The number of H-pyrrole nitrogens is 1.